The number of nitrogens with one attached hydrogen (secondary N) is 2. The molecule has 0 aromatic rings. The van der Waals surface area contributed by atoms with Crippen molar-refractivity contribution in [1.29, 1.82) is 0 Å². The summed E-state index contributed by atoms with van der Waals surface area (Å²) in [5.41, 5.74) is 0. The highest BCUT2D eigenvalue weighted by Crippen LogP contribution is 2.29. The molecule has 0 saturated heterocycles. The molecule has 0 bridgehead atoms. The molecule has 1 saturated carbocycles. The van der Waals surface area contributed by atoms with Crippen molar-refractivity contribution in [1.82, 2.24) is 10.0 Å². The van der Waals surface area contributed by atoms with Crippen LogP contribution in [0.3, 0.4) is 0 Å². The highest BCUT2D eigenvalue weighted by atomic mass is 32.2. The topological polar surface area (TPSA) is 58.2 Å². The van der Waals surface area contributed by atoms with Gasteiger partial charge in [-0.25, -0.2) is 13.1 Å². The standard InChI is InChI=1S/C12H26N2O2S/c1-10(2)13-8-5-9-17(15,16)14-11(3)12-6-4-7-12/h10-14H,4-9H2,1-3H3. The predicted octanol–water partition coefficient (Wildman–Crippen LogP) is 1.48. The molecule has 1 unspecified atom stereocenters. The van der Waals surface area contributed by atoms with Crippen molar-refractivity contribution in [2.24, 2.45) is 5.92 Å². The van der Waals surface area contributed by atoms with Crippen LogP contribution in [-0.4, -0.2) is 32.8 Å². The Balaban J connectivity index is 2.20. The quantitative estimate of drug-likeness (QED) is 0.652. The van der Waals surface area contributed by atoms with E-state index in [0.717, 1.165) is 6.54 Å². The second kappa shape index (κ2) is 6.71. The van der Waals surface area contributed by atoms with E-state index in [1.165, 1.54) is 19.3 Å². The van der Waals surface area contributed by atoms with E-state index in [1.807, 2.05) is 6.92 Å². The van der Waals surface area contributed by atoms with E-state index in [2.05, 4.69) is 23.9 Å². The second-order valence-corrected chi connectivity index (χ2v) is 7.25. The Kier molecular flexibility index (Phi) is 5.89. The third-order valence-electron chi connectivity index (χ3n) is 3.36. The molecule has 17 heavy (non-hydrogen) atoms. The molecule has 102 valence electrons. The maximum Gasteiger partial charge on any atom is 0.211 e. The average molecular weight is 262 g/mol. The Morgan fingerprint density at radius 1 is 1.24 bits per heavy atom. The molecule has 0 aromatic heterocycles. The molecule has 0 aliphatic heterocycles. The molecular weight excluding hydrogens is 236 g/mol. The predicted molar refractivity (Wildman–Crippen MR) is 71.5 cm³/mol. The van der Waals surface area contributed by atoms with Gasteiger partial charge in [-0.05, 0) is 38.6 Å². The first-order valence-electron chi connectivity index (χ1n) is 6.64. The van der Waals surface area contributed by atoms with Gasteiger partial charge < -0.3 is 5.32 Å². The fourth-order valence-electron chi connectivity index (χ4n) is 2.03. The second-order valence-electron chi connectivity index (χ2n) is 5.38. The Hall–Kier alpha value is -0.130. The Morgan fingerprint density at radius 3 is 2.35 bits per heavy atom. The van der Waals surface area contributed by atoms with Crippen molar-refractivity contribution in [3.05, 3.63) is 0 Å². The van der Waals surface area contributed by atoms with E-state index in [1.54, 1.807) is 0 Å². The lowest BCUT2D eigenvalue weighted by atomic mass is 9.81. The lowest BCUT2D eigenvalue weighted by molar-refractivity contribution is 0.260. The van der Waals surface area contributed by atoms with Gasteiger partial charge in [0, 0.05) is 12.1 Å². The SMILES string of the molecule is CC(C)NCCCS(=O)(=O)NC(C)C1CCC1. The Labute approximate surface area is 106 Å². The first-order valence-corrected chi connectivity index (χ1v) is 8.29. The summed E-state index contributed by atoms with van der Waals surface area (Å²) in [4.78, 5) is 0. The third-order valence-corrected chi connectivity index (χ3v) is 4.92. The van der Waals surface area contributed by atoms with Crippen molar-refractivity contribution < 1.29 is 8.42 Å². The summed E-state index contributed by atoms with van der Waals surface area (Å²) in [6.45, 7) is 6.86. The maximum absolute atomic E-state index is 11.8. The van der Waals surface area contributed by atoms with E-state index >= 15 is 0 Å². The summed E-state index contributed by atoms with van der Waals surface area (Å²) in [5, 5.41) is 3.22. The van der Waals surface area contributed by atoms with Gasteiger partial charge in [0.05, 0.1) is 5.75 Å². The number of hydrogen-bond donors (Lipinski definition) is 2. The highest BCUT2D eigenvalue weighted by Gasteiger charge is 2.26. The summed E-state index contributed by atoms with van der Waals surface area (Å²) in [5.74, 6) is 0.780. The molecule has 4 nitrogen and oxygen atoms in total. The molecule has 0 amide bonds. The van der Waals surface area contributed by atoms with Crippen LogP contribution in [0.15, 0.2) is 0 Å². The van der Waals surface area contributed by atoms with Crippen LogP contribution in [0.1, 0.15) is 46.5 Å². The van der Waals surface area contributed by atoms with Gasteiger partial charge in [-0.15, -0.1) is 0 Å². The zero-order chi connectivity index (χ0) is 12.9. The molecule has 0 heterocycles. The van der Waals surface area contributed by atoms with Crippen molar-refractivity contribution in [3.63, 3.8) is 0 Å². The van der Waals surface area contributed by atoms with Crippen LogP contribution in [-0.2, 0) is 10.0 Å². The number of hydrogen-bond acceptors (Lipinski definition) is 3. The molecule has 1 atom stereocenters. The smallest absolute Gasteiger partial charge is 0.211 e. The van der Waals surface area contributed by atoms with E-state index in [-0.39, 0.29) is 11.8 Å². The minimum atomic E-state index is -3.09. The third kappa shape index (κ3) is 5.84. The average Bonchev–Trinajstić information content (AvgIpc) is 2.08. The van der Waals surface area contributed by atoms with Crippen LogP contribution in [0.4, 0.5) is 0 Å². The molecule has 1 rings (SSSR count). The van der Waals surface area contributed by atoms with Gasteiger partial charge in [-0.2, -0.15) is 0 Å². The zero-order valence-corrected chi connectivity index (χ0v) is 12.0. The molecule has 0 spiro atoms. The lowest BCUT2D eigenvalue weighted by Crippen LogP contribution is -2.42. The van der Waals surface area contributed by atoms with Gasteiger partial charge in [-0.3, -0.25) is 0 Å². The van der Waals surface area contributed by atoms with Gasteiger partial charge in [0.15, 0.2) is 0 Å². The number of rotatable bonds is 8. The molecule has 0 radical (unpaired) electrons. The van der Waals surface area contributed by atoms with Crippen molar-refractivity contribution >= 4 is 10.0 Å². The van der Waals surface area contributed by atoms with Crippen LogP contribution in [0.2, 0.25) is 0 Å². The monoisotopic (exact) mass is 262 g/mol. The van der Waals surface area contributed by atoms with Crippen LogP contribution in [0.25, 0.3) is 0 Å². The summed E-state index contributed by atoms with van der Waals surface area (Å²) in [6, 6.07) is 0.520. The van der Waals surface area contributed by atoms with Crippen LogP contribution in [0, 0.1) is 5.92 Å². The summed E-state index contributed by atoms with van der Waals surface area (Å²) >= 11 is 0. The van der Waals surface area contributed by atoms with Crippen molar-refractivity contribution in [2.45, 2.75) is 58.5 Å². The minimum Gasteiger partial charge on any atom is -0.314 e. The van der Waals surface area contributed by atoms with Gasteiger partial charge in [0.25, 0.3) is 0 Å². The van der Waals surface area contributed by atoms with Crippen molar-refractivity contribution in [3.8, 4) is 0 Å². The first-order chi connectivity index (χ1) is 7.91. The Morgan fingerprint density at radius 2 is 1.88 bits per heavy atom. The largest absolute Gasteiger partial charge is 0.314 e. The van der Waals surface area contributed by atoms with Gasteiger partial charge in [0.1, 0.15) is 0 Å². The zero-order valence-electron chi connectivity index (χ0n) is 11.2. The maximum atomic E-state index is 11.8. The van der Waals surface area contributed by atoms with Crippen LogP contribution >= 0.6 is 0 Å². The summed E-state index contributed by atoms with van der Waals surface area (Å²) in [7, 11) is -3.09. The van der Waals surface area contributed by atoms with E-state index in [4.69, 9.17) is 0 Å². The molecular formula is C12H26N2O2S. The number of sulfonamides is 1. The normalized spacial score (nSPS) is 19.3. The highest BCUT2D eigenvalue weighted by molar-refractivity contribution is 7.89. The van der Waals surface area contributed by atoms with E-state index < -0.39 is 10.0 Å². The fourth-order valence-corrected chi connectivity index (χ4v) is 3.43. The molecule has 2 N–H and O–H groups in total. The first kappa shape index (κ1) is 14.9. The lowest BCUT2D eigenvalue weighted by Gasteiger charge is -2.31. The molecule has 1 aliphatic carbocycles. The Bertz CT molecular complexity index is 310. The van der Waals surface area contributed by atoms with E-state index in [0.29, 0.717) is 18.4 Å². The fraction of sp³-hybridized carbons (Fsp3) is 1.00. The van der Waals surface area contributed by atoms with Gasteiger partial charge >= 0.3 is 0 Å². The van der Waals surface area contributed by atoms with Gasteiger partial charge in [-0.1, -0.05) is 20.3 Å². The van der Waals surface area contributed by atoms with Crippen LogP contribution in [0.5, 0.6) is 0 Å². The minimum absolute atomic E-state index is 0.104. The summed E-state index contributed by atoms with van der Waals surface area (Å²) in [6.07, 6.45) is 4.25. The summed E-state index contributed by atoms with van der Waals surface area (Å²) < 4.78 is 26.4. The molecule has 1 fully saturated rings. The molecule has 5 heteroatoms. The van der Waals surface area contributed by atoms with Crippen LogP contribution < -0.4 is 10.0 Å². The van der Waals surface area contributed by atoms with E-state index in [9.17, 15) is 8.42 Å². The van der Waals surface area contributed by atoms with Gasteiger partial charge in [0.2, 0.25) is 10.0 Å². The molecule has 1 aliphatic rings. The molecule has 0 aromatic carbocycles. The van der Waals surface area contributed by atoms with Crippen molar-refractivity contribution in [2.75, 3.05) is 12.3 Å².